The first-order chi connectivity index (χ1) is 20.2. The Kier molecular flexibility index (Phi) is 11.4. The van der Waals surface area contributed by atoms with Crippen molar-refractivity contribution in [2.75, 3.05) is 6.61 Å². The Morgan fingerprint density at radius 3 is 1.81 bits per heavy atom. The molecule has 0 N–H and O–H groups in total. The molecule has 7 heteroatoms. The Morgan fingerprint density at radius 1 is 0.786 bits per heavy atom. The van der Waals surface area contributed by atoms with Gasteiger partial charge in [-0.15, -0.1) is 0 Å². The van der Waals surface area contributed by atoms with Crippen LogP contribution < -0.4 is 4.74 Å². The van der Waals surface area contributed by atoms with E-state index in [0.29, 0.717) is 11.0 Å². The highest BCUT2D eigenvalue weighted by Crippen LogP contribution is 2.44. The van der Waals surface area contributed by atoms with Crippen LogP contribution in [0, 0.1) is 5.41 Å². The number of carbonyl (C=O) groups is 2. The number of hydrogen-bond acceptors (Lipinski definition) is 7. The molecule has 2 fully saturated rings. The Bertz CT molecular complexity index is 1100. The van der Waals surface area contributed by atoms with Crippen molar-refractivity contribution >= 4 is 11.9 Å². The van der Waals surface area contributed by atoms with E-state index in [0.717, 1.165) is 29.9 Å². The van der Waals surface area contributed by atoms with Crippen LogP contribution in [0.4, 0.5) is 0 Å². The number of benzene rings is 2. The van der Waals surface area contributed by atoms with E-state index in [1.165, 1.54) is 51.4 Å². The topological polar surface area (TPSA) is 80.3 Å². The number of hydrogen-bond donors (Lipinski definition) is 0. The second-order valence-electron chi connectivity index (χ2n) is 12.3. The zero-order valence-electron chi connectivity index (χ0n) is 25.9. The fourth-order valence-electron chi connectivity index (χ4n) is 6.23. The first kappa shape index (κ1) is 32.0. The van der Waals surface area contributed by atoms with Crippen LogP contribution in [-0.4, -0.2) is 43.0 Å². The zero-order valence-corrected chi connectivity index (χ0v) is 25.9. The molecule has 1 saturated heterocycles. The number of rotatable bonds is 13. The van der Waals surface area contributed by atoms with E-state index in [4.69, 9.17) is 23.7 Å². The maximum Gasteiger partial charge on any atom is 0.339 e. The lowest BCUT2D eigenvalue weighted by Gasteiger charge is -2.37. The van der Waals surface area contributed by atoms with E-state index in [-0.39, 0.29) is 12.2 Å². The van der Waals surface area contributed by atoms with Gasteiger partial charge in [0.1, 0.15) is 5.75 Å². The van der Waals surface area contributed by atoms with Crippen LogP contribution in [0.1, 0.15) is 104 Å². The lowest BCUT2D eigenvalue weighted by atomic mass is 9.68. The molecule has 2 aromatic carbocycles. The molecule has 0 aromatic heterocycles. The third-order valence-corrected chi connectivity index (χ3v) is 8.17. The van der Waals surface area contributed by atoms with Crippen molar-refractivity contribution in [1.29, 1.82) is 0 Å². The van der Waals surface area contributed by atoms with Crippen molar-refractivity contribution in [2.45, 2.75) is 123 Å². The van der Waals surface area contributed by atoms with E-state index >= 15 is 0 Å². The monoisotopic (exact) mass is 580 g/mol. The summed E-state index contributed by atoms with van der Waals surface area (Å²) in [5.41, 5.74) is 3.31. The normalized spacial score (nSPS) is 21.8. The van der Waals surface area contributed by atoms with Gasteiger partial charge in [0, 0.05) is 5.56 Å². The molecular weight excluding hydrogens is 532 g/mol. The molecule has 1 heterocycles. The molecule has 0 bridgehead atoms. The second kappa shape index (κ2) is 15.0. The molecule has 2 unspecified atom stereocenters. The van der Waals surface area contributed by atoms with Crippen molar-refractivity contribution in [3.05, 3.63) is 54.1 Å². The average Bonchev–Trinajstić information content (AvgIpc) is 3.42. The van der Waals surface area contributed by atoms with Crippen LogP contribution in [0.15, 0.2) is 48.5 Å². The van der Waals surface area contributed by atoms with Crippen LogP contribution in [0.3, 0.4) is 0 Å². The first-order valence-electron chi connectivity index (χ1n) is 15.7. The summed E-state index contributed by atoms with van der Waals surface area (Å²) < 4.78 is 28.5. The van der Waals surface area contributed by atoms with Gasteiger partial charge in [-0.2, -0.15) is 0 Å². The molecule has 1 saturated carbocycles. The number of ether oxygens (including phenoxy) is 5. The van der Waals surface area contributed by atoms with Crippen molar-refractivity contribution in [3.8, 4) is 16.9 Å². The minimum absolute atomic E-state index is 0.350. The molecule has 1 aliphatic carbocycles. The minimum atomic E-state index is -1.20. The zero-order chi connectivity index (χ0) is 30.1. The lowest BCUT2D eigenvalue weighted by molar-refractivity contribution is -0.167. The highest BCUT2D eigenvalue weighted by Gasteiger charge is 2.48. The van der Waals surface area contributed by atoms with Gasteiger partial charge in [-0.25, -0.2) is 9.59 Å². The Hall–Kier alpha value is -2.90. The van der Waals surface area contributed by atoms with Gasteiger partial charge in [-0.1, -0.05) is 69.0 Å². The molecule has 42 heavy (non-hydrogen) atoms. The molecule has 230 valence electrons. The van der Waals surface area contributed by atoms with E-state index in [9.17, 15) is 9.59 Å². The van der Waals surface area contributed by atoms with Crippen molar-refractivity contribution < 1.29 is 33.3 Å². The quantitative estimate of drug-likeness (QED) is 0.176. The summed E-state index contributed by atoms with van der Waals surface area (Å²) >= 11 is 0. The maximum absolute atomic E-state index is 12.7. The van der Waals surface area contributed by atoms with Gasteiger partial charge in [0.05, 0.1) is 18.8 Å². The summed E-state index contributed by atoms with van der Waals surface area (Å²) in [6.07, 6.45) is 7.89. The smallest absolute Gasteiger partial charge is 0.339 e. The summed E-state index contributed by atoms with van der Waals surface area (Å²) in [5, 5.41) is 0. The molecule has 7 nitrogen and oxygen atoms in total. The van der Waals surface area contributed by atoms with Crippen LogP contribution in [0.2, 0.25) is 0 Å². The highest BCUT2D eigenvalue weighted by atomic mass is 16.8. The SMILES string of the molecule is CCCC1(CCCOc2ccc(-c3ccc(C4OC(C(=O)OC(C)C)C(C(=O)OC(C)C)O4)cc3)cc2)CCCCC1. The van der Waals surface area contributed by atoms with Gasteiger partial charge in [0.25, 0.3) is 0 Å². The summed E-state index contributed by atoms with van der Waals surface area (Å²) in [6.45, 7) is 10.0. The molecule has 2 aliphatic rings. The Balaban J connectivity index is 1.33. The van der Waals surface area contributed by atoms with Gasteiger partial charge in [-0.05, 0) is 88.5 Å². The van der Waals surface area contributed by atoms with Crippen LogP contribution in [-0.2, 0) is 28.5 Å². The number of esters is 2. The van der Waals surface area contributed by atoms with E-state index in [1.54, 1.807) is 27.7 Å². The maximum atomic E-state index is 12.7. The first-order valence-corrected chi connectivity index (χ1v) is 15.7. The Labute approximate surface area is 251 Å². The van der Waals surface area contributed by atoms with Crippen LogP contribution in [0.25, 0.3) is 11.1 Å². The summed E-state index contributed by atoms with van der Waals surface area (Å²) in [5.74, 6) is -0.409. The lowest BCUT2D eigenvalue weighted by Crippen LogP contribution is -2.40. The van der Waals surface area contributed by atoms with Crippen molar-refractivity contribution in [2.24, 2.45) is 5.41 Å². The fourth-order valence-corrected chi connectivity index (χ4v) is 6.23. The van der Waals surface area contributed by atoms with Gasteiger partial charge < -0.3 is 23.7 Å². The summed E-state index contributed by atoms with van der Waals surface area (Å²) in [6, 6.07) is 15.8. The predicted octanol–water partition coefficient (Wildman–Crippen LogP) is 7.95. The van der Waals surface area contributed by atoms with E-state index < -0.39 is 30.4 Å². The van der Waals surface area contributed by atoms with Gasteiger partial charge in [-0.3, -0.25) is 0 Å². The molecule has 2 aromatic rings. The van der Waals surface area contributed by atoms with Gasteiger partial charge >= 0.3 is 11.9 Å². The van der Waals surface area contributed by atoms with E-state index in [2.05, 4.69) is 19.1 Å². The molecule has 4 rings (SSSR count). The van der Waals surface area contributed by atoms with Crippen LogP contribution in [0.5, 0.6) is 5.75 Å². The molecule has 2 atom stereocenters. The standard InChI is InChI=1S/C35H48O7/c1-6-19-35(20-8-7-9-21-35)22-10-23-38-29-17-15-27(16-18-29)26-11-13-28(14-12-26)34-41-30(32(36)39-24(2)3)31(42-34)33(37)40-25(4)5/h11-18,24-25,30-31,34H,6-10,19-23H2,1-5H3. The van der Waals surface area contributed by atoms with Crippen LogP contribution >= 0.6 is 0 Å². The van der Waals surface area contributed by atoms with Crippen molar-refractivity contribution in [1.82, 2.24) is 0 Å². The average molecular weight is 581 g/mol. The largest absolute Gasteiger partial charge is 0.494 e. The third-order valence-electron chi connectivity index (χ3n) is 8.17. The molecule has 1 aliphatic heterocycles. The summed E-state index contributed by atoms with van der Waals surface area (Å²) in [4.78, 5) is 25.3. The Morgan fingerprint density at radius 2 is 1.31 bits per heavy atom. The molecule has 0 spiro atoms. The van der Waals surface area contributed by atoms with Gasteiger partial charge in [0.15, 0.2) is 18.5 Å². The number of carbonyl (C=O) groups excluding carboxylic acids is 2. The predicted molar refractivity (Wildman–Crippen MR) is 162 cm³/mol. The van der Waals surface area contributed by atoms with Crippen molar-refractivity contribution in [3.63, 3.8) is 0 Å². The minimum Gasteiger partial charge on any atom is -0.494 e. The fraction of sp³-hybridized carbons (Fsp3) is 0.600. The van der Waals surface area contributed by atoms with Gasteiger partial charge in [0.2, 0.25) is 0 Å². The molecule has 0 amide bonds. The van der Waals surface area contributed by atoms with E-state index in [1.807, 2.05) is 36.4 Å². The highest BCUT2D eigenvalue weighted by molar-refractivity contribution is 5.86. The summed E-state index contributed by atoms with van der Waals surface area (Å²) in [7, 11) is 0. The molecular formula is C35H48O7. The second-order valence-corrected chi connectivity index (χ2v) is 12.3. The molecule has 0 radical (unpaired) electrons. The third kappa shape index (κ3) is 8.57.